The van der Waals surface area contributed by atoms with Gasteiger partial charge in [-0.05, 0) is 23.8 Å². The van der Waals surface area contributed by atoms with Crippen molar-refractivity contribution in [3.05, 3.63) is 45.0 Å². The molecule has 0 atom stereocenters. The lowest BCUT2D eigenvalue weighted by Crippen LogP contribution is -2.03. The molecule has 2 aromatic rings. The van der Waals surface area contributed by atoms with Crippen LogP contribution in [0.15, 0.2) is 24.3 Å². The summed E-state index contributed by atoms with van der Waals surface area (Å²) in [5.41, 5.74) is 0.983. The van der Waals surface area contributed by atoms with Gasteiger partial charge in [0.2, 0.25) is 0 Å². The van der Waals surface area contributed by atoms with Crippen LogP contribution >= 0.6 is 34.8 Å². The zero-order chi connectivity index (χ0) is 15.4. The maximum atomic E-state index is 6.06. The van der Waals surface area contributed by atoms with Gasteiger partial charge in [-0.1, -0.05) is 40.9 Å². The van der Waals surface area contributed by atoms with E-state index in [9.17, 15) is 0 Å². The van der Waals surface area contributed by atoms with Crippen LogP contribution in [0, 0.1) is 0 Å². The average molecular weight is 348 g/mol. The fraction of sp³-hybridized carbons (Fsp3) is 0.214. The van der Waals surface area contributed by atoms with Crippen LogP contribution in [0.4, 0.5) is 5.82 Å². The van der Waals surface area contributed by atoms with Gasteiger partial charge in [0.1, 0.15) is 11.0 Å². The number of anilines is 1. The van der Waals surface area contributed by atoms with Crippen LogP contribution in [0.2, 0.25) is 15.2 Å². The minimum atomic E-state index is 0.205. The molecule has 0 aliphatic heterocycles. The number of rotatable bonds is 5. The zero-order valence-electron chi connectivity index (χ0n) is 11.4. The number of aromatic nitrogens is 1. The summed E-state index contributed by atoms with van der Waals surface area (Å²) in [6.45, 7) is 0.505. The van der Waals surface area contributed by atoms with Crippen LogP contribution in [0.3, 0.4) is 0 Å². The normalized spacial score (nSPS) is 10.3. The van der Waals surface area contributed by atoms with Crippen molar-refractivity contribution >= 4 is 40.6 Å². The predicted molar refractivity (Wildman–Crippen MR) is 86.1 cm³/mol. The number of methoxy groups -OCH3 is 2. The summed E-state index contributed by atoms with van der Waals surface area (Å²) in [6.07, 6.45) is 0. The predicted octanol–water partition coefficient (Wildman–Crippen LogP) is 4.67. The summed E-state index contributed by atoms with van der Waals surface area (Å²) < 4.78 is 10.4. The fourth-order valence-corrected chi connectivity index (χ4v) is 2.31. The largest absolute Gasteiger partial charge is 0.493 e. The maximum Gasteiger partial charge on any atom is 0.161 e. The highest BCUT2D eigenvalue weighted by atomic mass is 35.5. The third kappa shape index (κ3) is 3.84. The minimum absolute atomic E-state index is 0.205. The molecular formula is C14H13Cl3N2O2. The highest BCUT2D eigenvalue weighted by molar-refractivity contribution is 6.42. The molecule has 0 aliphatic carbocycles. The number of benzene rings is 1. The highest BCUT2D eigenvalue weighted by Crippen LogP contribution is 2.30. The Morgan fingerprint density at radius 3 is 2.38 bits per heavy atom. The standard InChI is InChI=1S/C14H13Cl3N2O2/c1-20-11-4-3-8(5-12(11)21-2)7-18-14-10(16)6-9(15)13(17)19-14/h3-6H,7H2,1-2H3,(H,18,19). The molecule has 0 unspecified atom stereocenters. The van der Waals surface area contributed by atoms with Crippen molar-refractivity contribution in [2.45, 2.75) is 6.54 Å². The summed E-state index contributed by atoms with van der Waals surface area (Å²) >= 11 is 17.8. The van der Waals surface area contributed by atoms with Gasteiger partial charge in [-0.25, -0.2) is 4.98 Å². The number of hydrogen-bond donors (Lipinski definition) is 1. The lowest BCUT2D eigenvalue weighted by molar-refractivity contribution is 0.354. The van der Waals surface area contributed by atoms with Crippen LogP contribution in [0.5, 0.6) is 11.5 Å². The first-order chi connectivity index (χ1) is 10.0. The van der Waals surface area contributed by atoms with Crippen LogP contribution in [0.25, 0.3) is 0 Å². The summed E-state index contributed by atoms with van der Waals surface area (Å²) in [6, 6.07) is 7.17. The van der Waals surface area contributed by atoms with Crippen molar-refractivity contribution in [2.24, 2.45) is 0 Å². The second-order valence-electron chi connectivity index (χ2n) is 4.13. The second kappa shape index (κ2) is 7.07. The van der Waals surface area contributed by atoms with Crippen LogP contribution in [-0.2, 0) is 6.54 Å². The van der Waals surface area contributed by atoms with E-state index in [2.05, 4.69) is 10.3 Å². The molecule has 0 amide bonds. The van der Waals surface area contributed by atoms with Gasteiger partial charge in [0.05, 0.1) is 24.3 Å². The first-order valence-electron chi connectivity index (χ1n) is 6.01. The first kappa shape index (κ1) is 16.0. The van der Waals surface area contributed by atoms with E-state index in [1.807, 2.05) is 18.2 Å². The van der Waals surface area contributed by atoms with Gasteiger partial charge in [0.15, 0.2) is 11.5 Å². The van der Waals surface area contributed by atoms with Crippen LogP contribution in [0.1, 0.15) is 5.56 Å². The summed E-state index contributed by atoms with van der Waals surface area (Å²) in [7, 11) is 3.18. The van der Waals surface area contributed by atoms with Crippen molar-refractivity contribution in [1.82, 2.24) is 4.98 Å². The number of hydrogen-bond acceptors (Lipinski definition) is 4. The smallest absolute Gasteiger partial charge is 0.161 e. The molecule has 7 heteroatoms. The van der Waals surface area contributed by atoms with Gasteiger partial charge in [-0.15, -0.1) is 0 Å². The van der Waals surface area contributed by atoms with Gasteiger partial charge in [0, 0.05) is 6.54 Å². The van der Waals surface area contributed by atoms with E-state index in [0.29, 0.717) is 33.9 Å². The van der Waals surface area contributed by atoms with Crippen molar-refractivity contribution < 1.29 is 9.47 Å². The number of nitrogens with zero attached hydrogens (tertiary/aromatic N) is 1. The summed E-state index contributed by atoms with van der Waals surface area (Å²) in [5, 5.41) is 4.03. The molecule has 0 radical (unpaired) electrons. The Morgan fingerprint density at radius 1 is 1.00 bits per heavy atom. The molecule has 1 N–H and O–H groups in total. The Bertz CT molecular complexity index is 650. The van der Waals surface area contributed by atoms with Gasteiger partial charge >= 0.3 is 0 Å². The number of pyridine rings is 1. The van der Waals surface area contributed by atoms with Crippen molar-refractivity contribution in [3.63, 3.8) is 0 Å². The van der Waals surface area contributed by atoms with E-state index in [1.54, 1.807) is 20.3 Å². The number of halogens is 3. The van der Waals surface area contributed by atoms with Crippen molar-refractivity contribution in [3.8, 4) is 11.5 Å². The second-order valence-corrected chi connectivity index (χ2v) is 5.31. The van der Waals surface area contributed by atoms with Gasteiger partial charge in [-0.3, -0.25) is 0 Å². The zero-order valence-corrected chi connectivity index (χ0v) is 13.7. The van der Waals surface area contributed by atoms with E-state index in [-0.39, 0.29) is 5.15 Å². The molecule has 112 valence electrons. The van der Waals surface area contributed by atoms with E-state index < -0.39 is 0 Å². The molecule has 1 aromatic heterocycles. The molecular weight excluding hydrogens is 335 g/mol. The third-order valence-corrected chi connectivity index (χ3v) is 3.76. The van der Waals surface area contributed by atoms with E-state index >= 15 is 0 Å². The minimum Gasteiger partial charge on any atom is -0.493 e. The molecule has 1 aromatic carbocycles. The van der Waals surface area contributed by atoms with Gasteiger partial charge in [-0.2, -0.15) is 0 Å². The first-order valence-corrected chi connectivity index (χ1v) is 7.15. The Hall–Kier alpha value is -1.36. The molecule has 1 heterocycles. The van der Waals surface area contributed by atoms with E-state index in [4.69, 9.17) is 44.3 Å². The Kier molecular flexibility index (Phi) is 5.39. The highest BCUT2D eigenvalue weighted by Gasteiger charge is 2.09. The Balaban J connectivity index is 2.15. The fourth-order valence-electron chi connectivity index (χ4n) is 1.74. The van der Waals surface area contributed by atoms with Crippen molar-refractivity contribution in [1.29, 1.82) is 0 Å². The molecule has 0 fully saturated rings. The van der Waals surface area contributed by atoms with Gasteiger partial charge < -0.3 is 14.8 Å². The van der Waals surface area contributed by atoms with E-state index in [1.165, 1.54) is 0 Å². The molecule has 0 aliphatic rings. The molecule has 0 saturated carbocycles. The summed E-state index contributed by atoms with van der Waals surface area (Å²) in [5.74, 6) is 1.80. The molecule has 2 rings (SSSR count). The lowest BCUT2D eigenvalue weighted by Gasteiger charge is -2.11. The Morgan fingerprint density at radius 2 is 1.71 bits per heavy atom. The summed E-state index contributed by atoms with van der Waals surface area (Å²) in [4.78, 5) is 4.10. The SMILES string of the molecule is COc1ccc(CNc2nc(Cl)c(Cl)cc2Cl)cc1OC. The molecule has 21 heavy (non-hydrogen) atoms. The molecule has 0 bridgehead atoms. The van der Waals surface area contributed by atoms with E-state index in [0.717, 1.165) is 5.56 Å². The molecule has 4 nitrogen and oxygen atoms in total. The molecule has 0 spiro atoms. The van der Waals surface area contributed by atoms with Crippen molar-refractivity contribution in [2.75, 3.05) is 19.5 Å². The third-order valence-electron chi connectivity index (χ3n) is 2.79. The topological polar surface area (TPSA) is 43.4 Å². The van der Waals surface area contributed by atoms with Crippen LogP contribution < -0.4 is 14.8 Å². The maximum absolute atomic E-state index is 6.06. The van der Waals surface area contributed by atoms with Crippen LogP contribution in [-0.4, -0.2) is 19.2 Å². The molecule has 0 saturated heterocycles. The lowest BCUT2D eigenvalue weighted by atomic mass is 10.2. The Labute approximate surface area is 137 Å². The monoisotopic (exact) mass is 346 g/mol. The van der Waals surface area contributed by atoms with Gasteiger partial charge in [0.25, 0.3) is 0 Å². The quantitative estimate of drug-likeness (QED) is 0.798. The number of ether oxygens (including phenoxy) is 2. The number of nitrogens with one attached hydrogen (secondary N) is 1. The average Bonchev–Trinajstić information content (AvgIpc) is 2.49.